The van der Waals surface area contributed by atoms with Gasteiger partial charge in [0.25, 0.3) is 0 Å². The van der Waals surface area contributed by atoms with Gasteiger partial charge in [0.15, 0.2) is 0 Å². The topological polar surface area (TPSA) is 21.3 Å². The van der Waals surface area contributed by atoms with Gasteiger partial charge in [0.1, 0.15) is 0 Å². The molecule has 1 unspecified atom stereocenters. The Balaban J connectivity index is 2.45. The van der Waals surface area contributed by atoms with Gasteiger partial charge in [0.2, 0.25) is 0 Å². The fraction of sp³-hybridized carbons (Fsp3) is 0.500. The van der Waals surface area contributed by atoms with Crippen LogP contribution < -0.4 is 5.32 Å². The molecule has 1 aromatic carbocycles. The molecule has 1 atom stereocenters. The number of hydrogen-bond donors (Lipinski definition) is 1. The molecule has 0 aliphatic heterocycles. The van der Waals surface area contributed by atoms with Crippen molar-refractivity contribution >= 4 is 11.6 Å². The van der Waals surface area contributed by atoms with Crippen molar-refractivity contribution in [3.8, 4) is 0 Å². The largest absolute Gasteiger partial charge is 0.372 e. The van der Waals surface area contributed by atoms with E-state index in [0.29, 0.717) is 6.61 Å². The lowest BCUT2D eigenvalue weighted by atomic mass is 10.2. The fourth-order valence-corrected chi connectivity index (χ4v) is 1.56. The molecule has 0 bridgehead atoms. The highest BCUT2D eigenvalue weighted by atomic mass is 35.5. The molecule has 0 amide bonds. The summed E-state index contributed by atoms with van der Waals surface area (Å²) in [4.78, 5) is 0. The summed E-state index contributed by atoms with van der Waals surface area (Å²) in [5.74, 6) is 0. The molecule has 0 aliphatic carbocycles. The van der Waals surface area contributed by atoms with Gasteiger partial charge in [-0.2, -0.15) is 0 Å². The Morgan fingerprint density at radius 2 is 2.13 bits per heavy atom. The third-order valence-corrected chi connectivity index (χ3v) is 2.69. The fourth-order valence-electron chi connectivity index (χ4n) is 1.37. The first kappa shape index (κ1) is 12.5. The quantitative estimate of drug-likeness (QED) is 0.807. The molecule has 1 aromatic rings. The zero-order valence-electron chi connectivity index (χ0n) is 9.29. The van der Waals surface area contributed by atoms with Crippen molar-refractivity contribution in [1.29, 1.82) is 0 Å². The van der Waals surface area contributed by atoms with Crippen LogP contribution in [0.25, 0.3) is 0 Å². The van der Waals surface area contributed by atoms with Crippen molar-refractivity contribution in [2.45, 2.75) is 26.1 Å². The molecule has 1 N–H and O–H groups in total. The first-order valence-electron chi connectivity index (χ1n) is 5.27. The summed E-state index contributed by atoms with van der Waals surface area (Å²) >= 11 is 6.03. The molecule has 0 saturated heterocycles. The van der Waals surface area contributed by atoms with Crippen LogP contribution in [0.3, 0.4) is 0 Å². The van der Waals surface area contributed by atoms with E-state index in [9.17, 15) is 0 Å². The zero-order valence-corrected chi connectivity index (χ0v) is 10.1. The summed E-state index contributed by atoms with van der Waals surface area (Å²) in [7, 11) is 1.93. The van der Waals surface area contributed by atoms with E-state index >= 15 is 0 Å². The van der Waals surface area contributed by atoms with Gasteiger partial charge in [0.05, 0.1) is 12.7 Å². The predicted octanol–water partition coefficient (Wildman–Crippen LogP) is 2.85. The highest BCUT2D eigenvalue weighted by Crippen LogP contribution is 2.16. The van der Waals surface area contributed by atoms with E-state index in [0.717, 1.165) is 23.6 Å². The molecule has 15 heavy (non-hydrogen) atoms. The van der Waals surface area contributed by atoms with Crippen molar-refractivity contribution < 1.29 is 4.74 Å². The molecule has 0 fully saturated rings. The Bertz CT molecular complexity index is 291. The van der Waals surface area contributed by atoms with E-state index in [1.807, 2.05) is 31.3 Å². The van der Waals surface area contributed by atoms with Gasteiger partial charge in [-0.15, -0.1) is 0 Å². The first-order chi connectivity index (χ1) is 7.27. The predicted molar refractivity (Wildman–Crippen MR) is 64.2 cm³/mol. The van der Waals surface area contributed by atoms with Gasteiger partial charge in [-0.25, -0.2) is 0 Å². The monoisotopic (exact) mass is 227 g/mol. The third-order valence-electron chi connectivity index (χ3n) is 2.32. The maximum absolute atomic E-state index is 6.03. The molecule has 0 spiro atoms. The van der Waals surface area contributed by atoms with E-state index in [1.165, 1.54) is 0 Å². The third kappa shape index (κ3) is 4.20. The van der Waals surface area contributed by atoms with Gasteiger partial charge in [0, 0.05) is 11.6 Å². The smallest absolute Gasteiger partial charge is 0.0735 e. The van der Waals surface area contributed by atoms with Crippen LogP contribution >= 0.6 is 11.6 Å². The zero-order chi connectivity index (χ0) is 11.1. The summed E-state index contributed by atoms with van der Waals surface area (Å²) in [6, 6.07) is 7.79. The van der Waals surface area contributed by atoms with Crippen molar-refractivity contribution in [2.75, 3.05) is 13.6 Å². The Morgan fingerprint density at radius 1 is 1.40 bits per heavy atom. The van der Waals surface area contributed by atoms with Crippen LogP contribution in [0, 0.1) is 0 Å². The van der Waals surface area contributed by atoms with E-state index < -0.39 is 0 Å². The number of benzene rings is 1. The Labute approximate surface area is 96.6 Å². The summed E-state index contributed by atoms with van der Waals surface area (Å²) < 4.78 is 5.75. The molecule has 0 heterocycles. The molecular weight excluding hydrogens is 210 g/mol. The van der Waals surface area contributed by atoms with Crippen LogP contribution in [0.2, 0.25) is 5.02 Å². The molecule has 0 radical (unpaired) electrons. The van der Waals surface area contributed by atoms with Crippen molar-refractivity contribution in [3.05, 3.63) is 34.9 Å². The van der Waals surface area contributed by atoms with Crippen LogP contribution in [0.1, 0.15) is 18.9 Å². The summed E-state index contributed by atoms with van der Waals surface area (Å²) in [6.07, 6.45) is 1.26. The van der Waals surface area contributed by atoms with Crippen molar-refractivity contribution in [1.82, 2.24) is 5.32 Å². The molecule has 0 aliphatic rings. The highest BCUT2D eigenvalue weighted by molar-refractivity contribution is 6.31. The second-order valence-electron chi connectivity index (χ2n) is 3.49. The van der Waals surface area contributed by atoms with Crippen LogP contribution in [-0.4, -0.2) is 19.7 Å². The minimum atomic E-state index is 0.256. The second-order valence-corrected chi connectivity index (χ2v) is 3.90. The van der Waals surface area contributed by atoms with Crippen LogP contribution in [0.15, 0.2) is 24.3 Å². The normalized spacial score (nSPS) is 12.7. The van der Waals surface area contributed by atoms with Gasteiger partial charge < -0.3 is 10.1 Å². The van der Waals surface area contributed by atoms with Gasteiger partial charge >= 0.3 is 0 Å². The number of halogens is 1. The summed E-state index contributed by atoms with van der Waals surface area (Å²) in [5.41, 5.74) is 1.05. The molecule has 0 saturated carbocycles. The Kier molecular flexibility index (Phi) is 5.69. The standard InChI is InChI=1S/C12H18ClNO/c1-3-11(8-14-2)15-9-10-6-4-5-7-12(10)13/h4-7,11,14H,3,8-9H2,1-2H3. The minimum absolute atomic E-state index is 0.256. The number of rotatable bonds is 6. The van der Waals surface area contributed by atoms with Crippen LogP contribution in [0.4, 0.5) is 0 Å². The van der Waals surface area contributed by atoms with Gasteiger partial charge in [-0.1, -0.05) is 36.7 Å². The van der Waals surface area contributed by atoms with Crippen LogP contribution in [0.5, 0.6) is 0 Å². The maximum Gasteiger partial charge on any atom is 0.0735 e. The first-order valence-corrected chi connectivity index (χ1v) is 5.65. The van der Waals surface area contributed by atoms with E-state index in [-0.39, 0.29) is 6.10 Å². The number of nitrogens with one attached hydrogen (secondary N) is 1. The maximum atomic E-state index is 6.03. The Hall–Kier alpha value is -0.570. The lowest BCUT2D eigenvalue weighted by Crippen LogP contribution is -2.25. The second kappa shape index (κ2) is 6.83. The van der Waals surface area contributed by atoms with Gasteiger partial charge in [-0.3, -0.25) is 0 Å². The van der Waals surface area contributed by atoms with E-state index in [2.05, 4.69) is 12.2 Å². The number of likely N-dealkylation sites (N-methyl/N-ethyl adjacent to an activating group) is 1. The molecule has 2 nitrogen and oxygen atoms in total. The lowest BCUT2D eigenvalue weighted by molar-refractivity contribution is 0.0397. The number of hydrogen-bond acceptors (Lipinski definition) is 2. The summed E-state index contributed by atoms with van der Waals surface area (Å²) in [5, 5.41) is 3.89. The SMILES string of the molecule is CCC(CNC)OCc1ccccc1Cl. The Morgan fingerprint density at radius 3 is 2.73 bits per heavy atom. The molecule has 1 rings (SSSR count). The van der Waals surface area contributed by atoms with Crippen LogP contribution in [-0.2, 0) is 11.3 Å². The van der Waals surface area contributed by atoms with Crippen molar-refractivity contribution in [2.24, 2.45) is 0 Å². The van der Waals surface area contributed by atoms with E-state index in [1.54, 1.807) is 0 Å². The molecule has 0 aromatic heterocycles. The highest BCUT2D eigenvalue weighted by Gasteiger charge is 2.06. The summed E-state index contributed by atoms with van der Waals surface area (Å²) in [6.45, 7) is 3.58. The molecular formula is C12H18ClNO. The average Bonchev–Trinajstić information content (AvgIpc) is 2.26. The van der Waals surface area contributed by atoms with E-state index in [4.69, 9.17) is 16.3 Å². The van der Waals surface area contributed by atoms with Gasteiger partial charge in [-0.05, 0) is 25.1 Å². The average molecular weight is 228 g/mol. The molecule has 84 valence electrons. The lowest BCUT2D eigenvalue weighted by Gasteiger charge is -2.15. The number of ether oxygens (including phenoxy) is 1. The minimum Gasteiger partial charge on any atom is -0.372 e. The molecule has 3 heteroatoms. The van der Waals surface area contributed by atoms with Crippen molar-refractivity contribution in [3.63, 3.8) is 0 Å².